The fraction of sp³-hybridized carbons (Fsp3) is 0.571. The lowest BCUT2D eigenvalue weighted by molar-refractivity contribution is 0.462. The van der Waals surface area contributed by atoms with Crippen molar-refractivity contribution in [3.63, 3.8) is 0 Å². The molecule has 1 aliphatic rings. The number of aryl methyl sites for hydroxylation is 1. The number of thiophene rings is 1. The number of hydrogen-bond acceptors (Lipinski definition) is 5. The van der Waals surface area contributed by atoms with Crippen LogP contribution in [0.4, 0.5) is 11.8 Å². The lowest BCUT2D eigenvalue weighted by Gasteiger charge is -2.23. The molecule has 0 spiro atoms. The number of rotatable bonds is 3. The monoisotopic (exact) mass is 276 g/mol. The second-order valence-electron chi connectivity index (χ2n) is 5.19. The minimum absolute atomic E-state index is 0.371. The highest BCUT2D eigenvalue weighted by Gasteiger charge is 2.16. The summed E-state index contributed by atoms with van der Waals surface area (Å²) >= 11 is 1.72. The summed E-state index contributed by atoms with van der Waals surface area (Å²) < 4.78 is 0. The SMILES string of the molecule is CCc1cc2c(NC3CCCCC3)nc(N)nc2s1. The van der Waals surface area contributed by atoms with Gasteiger partial charge in [0.15, 0.2) is 0 Å². The molecule has 0 radical (unpaired) electrons. The molecule has 2 aromatic rings. The number of nitrogens with one attached hydrogen (secondary N) is 1. The van der Waals surface area contributed by atoms with Gasteiger partial charge in [-0.25, -0.2) is 4.98 Å². The summed E-state index contributed by atoms with van der Waals surface area (Å²) in [6, 6.07) is 2.74. The van der Waals surface area contributed by atoms with Crippen molar-refractivity contribution in [3.05, 3.63) is 10.9 Å². The molecular formula is C14H20N4S. The van der Waals surface area contributed by atoms with Crippen molar-refractivity contribution in [3.8, 4) is 0 Å². The fourth-order valence-electron chi connectivity index (χ4n) is 2.71. The standard InChI is InChI=1S/C14H20N4S/c1-2-10-8-11-12(16-9-6-4-3-5-7-9)17-14(15)18-13(11)19-10/h8-9H,2-7H2,1H3,(H3,15,16,17,18). The molecule has 0 aromatic carbocycles. The van der Waals surface area contributed by atoms with Crippen LogP contribution in [0, 0.1) is 0 Å². The highest BCUT2D eigenvalue weighted by molar-refractivity contribution is 7.18. The molecule has 0 unspecified atom stereocenters. The zero-order valence-electron chi connectivity index (χ0n) is 11.3. The molecule has 3 rings (SSSR count). The van der Waals surface area contributed by atoms with E-state index >= 15 is 0 Å². The quantitative estimate of drug-likeness (QED) is 0.899. The second kappa shape index (κ2) is 5.33. The molecule has 1 fully saturated rings. The number of aromatic nitrogens is 2. The average molecular weight is 276 g/mol. The maximum Gasteiger partial charge on any atom is 0.223 e. The molecule has 0 bridgehead atoms. The van der Waals surface area contributed by atoms with Gasteiger partial charge in [0.2, 0.25) is 5.95 Å². The van der Waals surface area contributed by atoms with Gasteiger partial charge in [-0.3, -0.25) is 0 Å². The highest BCUT2D eigenvalue weighted by atomic mass is 32.1. The van der Waals surface area contributed by atoms with Crippen LogP contribution in [-0.4, -0.2) is 16.0 Å². The largest absolute Gasteiger partial charge is 0.368 e. The van der Waals surface area contributed by atoms with Crippen molar-refractivity contribution in [2.75, 3.05) is 11.1 Å². The van der Waals surface area contributed by atoms with E-state index in [0.29, 0.717) is 12.0 Å². The Hall–Kier alpha value is -1.36. The summed E-state index contributed by atoms with van der Waals surface area (Å²) in [5.41, 5.74) is 5.82. The van der Waals surface area contributed by atoms with E-state index in [1.165, 1.54) is 37.0 Å². The highest BCUT2D eigenvalue weighted by Crippen LogP contribution is 2.31. The van der Waals surface area contributed by atoms with Crippen molar-refractivity contribution in [2.24, 2.45) is 0 Å². The Labute approximate surface area is 117 Å². The Morgan fingerprint density at radius 1 is 1.32 bits per heavy atom. The molecule has 2 heterocycles. The third kappa shape index (κ3) is 2.66. The van der Waals surface area contributed by atoms with Crippen molar-refractivity contribution in [1.82, 2.24) is 9.97 Å². The summed E-state index contributed by atoms with van der Waals surface area (Å²) in [5.74, 6) is 1.29. The van der Waals surface area contributed by atoms with Gasteiger partial charge in [-0.15, -0.1) is 11.3 Å². The molecule has 0 atom stereocenters. The van der Waals surface area contributed by atoms with E-state index in [2.05, 4.69) is 28.3 Å². The molecule has 1 saturated carbocycles. The summed E-state index contributed by atoms with van der Waals surface area (Å²) in [6.07, 6.45) is 7.48. The van der Waals surface area contributed by atoms with Gasteiger partial charge in [-0.1, -0.05) is 26.2 Å². The Kier molecular flexibility index (Phi) is 3.55. The number of nitrogens with two attached hydrogens (primary N) is 1. The first-order valence-corrected chi connectivity index (χ1v) is 7.90. The smallest absolute Gasteiger partial charge is 0.223 e. The molecule has 0 aliphatic heterocycles. The lowest BCUT2D eigenvalue weighted by Crippen LogP contribution is -2.23. The zero-order valence-corrected chi connectivity index (χ0v) is 12.1. The Morgan fingerprint density at radius 2 is 2.11 bits per heavy atom. The molecular weight excluding hydrogens is 256 g/mol. The van der Waals surface area contributed by atoms with Crippen LogP contribution in [0.3, 0.4) is 0 Å². The predicted octanol–water partition coefficient (Wildman–Crippen LogP) is 3.58. The molecule has 102 valence electrons. The van der Waals surface area contributed by atoms with Gasteiger partial charge in [0.25, 0.3) is 0 Å². The molecule has 2 aromatic heterocycles. The lowest BCUT2D eigenvalue weighted by atomic mass is 9.95. The van der Waals surface area contributed by atoms with Crippen LogP contribution >= 0.6 is 11.3 Å². The van der Waals surface area contributed by atoms with E-state index in [4.69, 9.17) is 5.73 Å². The van der Waals surface area contributed by atoms with E-state index in [1.54, 1.807) is 11.3 Å². The van der Waals surface area contributed by atoms with Crippen LogP contribution < -0.4 is 11.1 Å². The van der Waals surface area contributed by atoms with E-state index in [1.807, 2.05) is 0 Å². The van der Waals surface area contributed by atoms with Crippen molar-refractivity contribution < 1.29 is 0 Å². The molecule has 0 saturated heterocycles. The summed E-state index contributed by atoms with van der Waals surface area (Å²) in [7, 11) is 0. The molecule has 3 N–H and O–H groups in total. The summed E-state index contributed by atoms with van der Waals surface area (Å²) in [6.45, 7) is 2.16. The first-order chi connectivity index (χ1) is 9.26. The topological polar surface area (TPSA) is 63.8 Å². The number of anilines is 2. The van der Waals surface area contributed by atoms with Crippen LogP contribution in [0.2, 0.25) is 0 Å². The predicted molar refractivity (Wildman–Crippen MR) is 81.7 cm³/mol. The Balaban J connectivity index is 1.94. The first kappa shape index (κ1) is 12.7. The van der Waals surface area contributed by atoms with Crippen LogP contribution in [0.15, 0.2) is 6.07 Å². The molecule has 0 amide bonds. The maximum atomic E-state index is 5.82. The first-order valence-electron chi connectivity index (χ1n) is 7.08. The van der Waals surface area contributed by atoms with Crippen molar-refractivity contribution >= 4 is 33.3 Å². The van der Waals surface area contributed by atoms with Gasteiger partial charge in [-0.2, -0.15) is 4.98 Å². The van der Waals surface area contributed by atoms with E-state index in [9.17, 15) is 0 Å². The number of hydrogen-bond donors (Lipinski definition) is 2. The van der Waals surface area contributed by atoms with Crippen LogP contribution in [0.25, 0.3) is 10.2 Å². The van der Waals surface area contributed by atoms with E-state index < -0.39 is 0 Å². The van der Waals surface area contributed by atoms with E-state index in [0.717, 1.165) is 22.5 Å². The summed E-state index contributed by atoms with van der Waals surface area (Å²) in [5, 5.41) is 4.70. The maximum absolute atomic E-state index is 5.82. The van der Waals surface area contributed by atoms with Gasteiger partial charge >= 0.3 is 0 Å². The Bertz CT molecular complexity index is 572. The van der Waals surface area contributed by atoms with Crippen LogP contribution in [-0.2, 0) is 6.42 Å². The van der Waals surface area contributed by atoms with Crippen LogP contribution in [0.1, 0.15) is 43.9 Å². The Morgan fingerprint density at radius 3 is 2.84 bits per heavy atom. The molecule has 19 heavy (non-hydrogen) atoms. The molecule has 5 heteroatoms. The van der Waals surface area contributed by atoms with Gasteiger partial charge < -0.3 is 11.1 Å². The third-order valence-electron chi connectivity index (χ3n) is 3.76. The van der Waals surface area contributed by atoms with Crippen LogP contribution in [0.5, 0.6) is 0 Å². The van der Waals surface area contributed by atoms with Gasteiger partial charge in [-0.05, 0) is 25.3 Å². The summed E-state index contributed by atoms with van der Waals surface area (Å²) in [4.78, 5) is 11.1. The van der Waals surface area contributed by atoms with Gasteiger partial charge in [0.1, 0.15) is 10.6 Å². The number of nitrogen functional groups attached to an aromatic ring is 1. The number of fused-ring (bicyclic) bond motifs is 1. The van der Waals surface area contributed by atoms with Gasteiger partial charge in [0, 0.05) is 10.9 Å². The van der Waals surface area contributed by atoms with E-state index in [-0.39, 0.29) is 0 Å². The second-order valence-corrected chi connectivity index (χ2v) is 6.31. The average Bonchev–Trinajstić information content (AvgIpc) is 2.83. The zero-order chi connectivity index (χ0) is 13.2. The third-order valence-corrected chi connectivity index (χ3v) is 4.93. The normalized spacial score (nSPS) is 16.9. The minimum Gasteiger partial charge on any atom is -0.368 e. The molecule has 1 aliphatic carbocycles. The number of nitrogens with zero attached hydrogens (tertiary/aromatic N) is 2. The van der Waals surface area contributed by atoms with Gasteiger partial charge in [0.05, 0.1) is 5.39 Å². The minimum atomic E-state index is 0.371. The fourth-order valence-corrected chi connectivity index (χ4v) is 3.69. The molecule has 4 nitrogen and oxygen atoms in total. The van der Waals surface area contributed by atoms with Crippen molar-refractivity contribution in [2.45, 2.75) is 51.5 Å². The van der Waals surface area contributed by atoms with Crippen molar-refractivity contribution in [1.29, 1.82) is 0 Å².